The minimum atomic E-state index is -0.324. The van der Waals surface area contributed by atoms with Gasteiger partial charge in [0.15, 0.2) is 11.6 Å². The van der Waals surface area contributed by atoms with Gasteiger partial charge in [-0.05, 0) is 67.0 Å². The maximum atomic E-state index is 13.5. The number of halogens is 1. The summed E-state index contributed by atoms with van der Waals surface area (Å²) >= 11 is 0. The number of nitrogens with one attached hydrogen (secondary N) is 2. The van der Waals surface area contributed by atoms with Gasteiger partial charge in [0, 0.05) is 19.1 Å². The molecule has 162 valence electrons. The highest BCUT2D eigenvalue weighted by atomic mass is 19.1. The number of rotatable bonds is 10. The summed E-state index contributed by atoms with van der Waals surface area (Å²) in [7, 11) is 1.49. The zero-order chi connectivity index (χ0) is 21.3. The average Bonchev–Trinajstić information content (AvgIpc) is 3.23. The third-order valence-electron chi connectivity index (χ3n) is 5.78. The van der Waals surface area contributed by atoms with E-state index < -0.39 is 0 Å². The Morgan fingerprint density at radius 2 is 1.90 bits per heavy atom. The lowest BCUT2D eigenvalue weighted by molar-refractivity contribution is -0.120. The smallest absolute Gasteiger partial charge is 0.224 e. The van der Waals surface area contributed by atoms with Crippen LogP contribution in [-0.4, -0.2) is 38.7 Å². The number of benzene rings is 2. The second-order valence-electron chi connectivity index (χ2n) is 7.94. The molecule has 1 aliphatic carbocycles. The molecular weight excluding hydrogens is 381 g/mol. The number of amides is 1. The Labute approximate surface area is 178 Å². The quantitative estimate of drug-likeness (QED) is 0.560. The summed E-state index contributed by atoms with van der Waals surface area (Å²) < 4.78 is 18.6. The summed E-state index contributed by atoms with van der Waals surface area (Å²) in [5.41, 5.74) is 8.85. The van der Waals surface area contributed by atoms with Gasteiger partial charge in [-0.15, -0.1) is 0 Å². The van der Waals surface area contributed by atoms with Gasteiger partial charge >= 0.3 is 0 Å². The van der Waals surface area contributed by atoms with E-state index in [4.69, 9.17) is 10.5 Å². The standard InChI is InChI=1S/C24H32FN3O2/c1-30-23-14-18(4-9-22(23)25)10-12-27-21-8-7-20(16-21)19-5-2-17(3-6-19)15-24(29)28-13-11-26/h2-6,9,14,20-21,27H,7-8,10-13,15-16,26H2,1H3,(H,28,29)/t20-,21+/m1/s1. The first-order valence-corrected chi connectivity index (χ1v) is 10.7. The van der Waals surface area contributed by atoms with Crippen molar-refractivity contribution in [3.63, 3.8) is 0 Å². The summed E-state index contributed by atoms with van der Waals surface area (Å²) in [6, 6.07) is 14.0. The van der Waals surface area contributed by atoms with Crippen molar-refractivity contribution in [1.82, 2.24) is 10.6 Å². The van der Waals surface area contributed by atoms with Crippen LogP contribution in [0.2, 0.25) is 0 Å². The van der Waals surface area contributed by atoms with Gasteiger partial charge in [0.2, 0.25) is 5.91 Å². The molecule has 0 radical (unpaired) electrons. The Bertz CT molecular complexity index is 826. The molecule has 4 N–H and O–H groups in total. The number of nitrogens with two attached hydrogens (primary N) is 1. The Morgan fingerprint density at radius 3 is 2.63 bits per heavy atom. The molecule has 0 aliphatic heterocycles. The van der Waals surface area contributed by atoms with E-state index in [2.05, 4.69) is 34.9 Å². The highest BCUT2D eigenvalue weighted by Gasteiger charge is 2.25. The molecule has 0 bridgehead atoms. The van der Waals surface area contributed by atoms with Crippen molar-refractivity contribution in [2.75, 3.05) is 26.7 Å². The van der Waals surface area contributed by atoms with E-state index in [0.717, 1.165) is 36.9 Å². The Hall–Kier alpha value is -2.44. The Kier molecular flexibility index (Phi) is 8.22. The van der Waals surface area contributed by atoms with Crippen LogP contribution in [0.5, 0.6) is 5.75 Å². The van der Waals surface area contributed by atoms with Crippen molar-refractivity contribution in [2.45, 2.75) is 44.1 Å². The minimum absolute atomic E-state index is 0.0112. The third kappa shape index (κ3) is 6.28. The van der Waals surface area contributed by atoms with Gasteiger partial charge in [-0.3, -0.25) is 4.79 Å². The van der Waals surface area contributed by atoms with Crippen molar-refractivity contribution in [1.29, 1.82) is 0 Å². The van der Waals surface area contributed by atoms with Crippen molar-refractivity contribution in [3.8, 4) is 5.75 Å². The number of hydrogen-bond acceptors (Lipinski definition) is 4. The lowest BCUT2D eigenvalue weighted by Crippen LogP contribution is -2.30. The fraction of sp³-hybridized carbons (Fsp3) is 0.458. The molecule has 30 heavy (non-hydrogen) atoms. The van der Waals surface area contributed by atoms with Crippen molar-refractivity contribution < 1.29 is 13.9 Å². The highest BCUT2D eigenvalue weighted by molar-refractivity contribution is 5.78. The van der Waals surface area contributed by atoms with E-state index in [9.17, 15) is 9.18 Å². The van der Waals surface area contributed by atoms with Crippen LogP contribution in [0, 0.1) is 5.82 Å². The zero-order valence-corrected chi connectivity index (χ0v) is 17.6. The van der Waals surface area contributed by atoms with Gasteiger partial charge in [-0.1, -0.05) is 30.3 Å². The summed E-state index contributed by atoms with van der Waals surface area (Å²) in [5.74, 6) is 0.537. The fourth-order valence-corrected chi connectivity index (χ4v) is 4.12. The molecule has 2 aromatic carbocycles. The predicted octanol–water partition coefficient (Wildman–Crippen LogP) is 2.92. The molecule has 0 unspecified atom stereocenters. The van der Waals surface area contributed by atoms with E-state index in [1.807, 2.05) is 6.07 Å². The van der Waals surface area contributed by atoms with Crippen LogP contribution in [0.25, 0.3) is 0 Å². The van der Waals surface area contributed by atoms with Crippen LogP contribution in [0.15, 0.2) is 42.5 Å². The molecule has 0 heterocycles. The van der Waals surface area contributed by atoms with Gasteiger partial charge in [-0.2, -0.15) is 0 Å². The topological polar surface area (TPSA) is 76.4 Å². The SMILES string of the molecule is COc1cc(CCN[C@H]2CC[C@@H](c3ccc(CC(=O)NCCN)cc3)C2)ccc1F. The highest BCUT2D eigenvalue weighted by Crippen LogP contribution is 2.34. The van der Waals surface area contributed by atoms with Crippen LogP contribution >= 0.6 is 0 Å². The lowest BCUT2D eigenvalue weighted by Gasteiger charge is -2.14. The molecule has 1 fully saturated rings. The molecule has 0 spiro atoms. The lowest BCUT2D eigenvalue weighted by atomic mass is 9.96. The number of carbonyl (C=O) groups is 1. The second kappa shape index (κ2) is 11.1. The first-order valence-electron chi connectivity index (χ1n) is 10.7. The average molecular weight is 414 g/mol. The number of ether oxygens (including phenoxy) is 1. The van der Waals surface area contributed by atoms with E-state index >= 15 is 0 Å². The summed E-state index contributed by atoms with van der Waals surface area (Å²) in [4.78, 5) is 11.8. The van der Waals surface area contributed by atoms with Gasteiger partial charge < -0.3 is 21.1 Å². The van der Waals surface area contributed by atoms with Crippen LogP contribution in [0.1, 0.15) is 41.9 Å². The number of carbonyl (C=O) groups excluding carboxylic acids is 1. The minimum Gasteiger partial charge on any atom is -0.494 e. The van der Waals surface area contributed by atoms with Crippen molar-refractivity contribution in [2.24, 2.45) is 5.73 Å². The summed E-state index contributed by atoms with van der Waals surface area (Å²) in [5, 5.41) is 6.44. The molecule has 1 saturated carbocycles. The fourth-order valence-electron chi connectivity index (χ4n) is 4.12. The van der Waals surface area contributed by atoms with Crippen LogP contribution < -0.4 is 21.1 Å². The molecule has 0 saturated heterocycles. The predicted molar refractivity (Wildman–Crippen MR) is 117 cm³/mol. The molecule has 2 aromatic rings. The maximum absolute atomic E-state index is 13.5. The van der Waals surface area contributed by atoms with Crippen molar-refractivity contribution >= 4 is 5.91 Å². The summed E-state index contributed by atoms with van der Waals surface area (Å²) in [6.45, 7) is 1.84. The zero-order valence-electron chi connectivity index (χ0n) is 17.6. The van der Waals surface area contributed by atoms with Gasteiger partial charge in [-0.25, -0.2) is 4.39 Å². The molecule has 0 aromatic heterocycles. The van der Waals surface area contributed by atoms with E-state index in [1.165, 1.54) is 25.2 Å². The Morgan fingerprint density at radius 1 is 1.13 bits per heavy atom. The first kappa shape index (κ1) is 22.2. The Balaban J connectivity index is 1.43. The van der Waals surface area contributed by atoms with Crippen LogP contribution in [0.3, 0.4) is 0 Å². The molecule has 5 nitrogen and oxygen atoms in total. The first-order chi connectivity index (χ1) is 14.6. The van der Waals surface area contributed by atoms with E-state index in [1.54, 1.807) is 6.07 Å². The largest absolute Gasteiger partial charge is 0.494 e. The molecular formula is C24H32FN3O2. The monoisotopic (exact) mass is 413 g/mol. The second-order valence-corrected chi connectivity index (χ2v) is 7.94. The van der Waals surface area contributed by atoms with E-state index in [-0.39, 0.29) is 11.7 Å². The normalized spacial score (nSPS) is 18.4. The summed E-state index contributed by atoms with van der Waals surface area (Å²) in [6.07, 6.45) is 4.67. The van der Waals surface area contributed by atoms with E-state index in [0.29, 0.717) is 37.2 Å². The molecule has 1 aliphatic rings. The van der Waals surface area contributed by atoms with Crippen molar-refractivity contribution in [3.05, 3.63) is 65.0 Å². The van der Waals surface area contributed by atoms with Gasteiger partial charge in [0.25, 0.3) is 0 Å². The number of hydrogen-bond donors (Lipinski definition) is 3. The van der Waals surface area contributed by atoms with Gasteiger partial charge in [0.05, 0.1) is 13.5 Å². The van der Waals surface area contributed by atoms with Crippen LogP contribution in [-0.2, 0) is 17.6 Å². The number of methoxy groups -OCH3 is 1. The molecule has 3 rings (SSSR count). The maximum Gasteiger partial charge on any atom is 0.224 e. The van der Waals surface area contributed by atoms with Gasteiger partial charge in [0.1, 0.15) is 0 Å². The molecule has 1 amide bonds. The molecule has 2 atom stereocenters. The van der Waals surface area contributed by atoms with Crippen LogP contribution in [0.4, 0.5) is 4.39 Å². The third-order valence-corrected chi connectivity index (χ3v) is 5.78. The molecule has 6 heteroatoms.